The lowest BCUT2D eigenvalue weighted by molar-refractivity contribution is -0.335. The molecule has 0 amide bonds. The maximum absolute atomic E-state index is 10.9. The minimum Gasteiger partial charge on any atom is -0.298 e. The predicted octanol–water partition coefficient (Wildman–Crippen LogP) is 2.84. The third-order valence-electron chi connectivity index (χ3n) is 2.53. The summed E-state index contributed by atoms with van der Waals surface area (Å²) in [6.07, 6.45) is 2.93. The van der Waals surface area contributed by atoms with Crippen LogP contribution in [0.3, 0.4) is 0 Å². The van der Waals surface area contributed by atoms with Crippen LogP contribution in [-0.2, 0) is 14.6 Å². The van der Waals surface area contributed by atoms with Crippen LogP contribution in [-0.4, -0.2) is 11.6 Å². The van der Waals surface area contributed by atoms with Crippen molar-refractivity contribution in [3.63, 3.8) is 0 Å². The molecule has 0 aromatic heterocycles. The van der Waals surface area contributed by atoms with E-state index in [0.29, 0.717) is 6.42 Å². The molecule has 13 heavy (non-hydrogen) atoms. The van der Waals surface area contributed by atoms with Crippen LogP contribution in [0.4, 0.5) is 0 Å². The van der Waals surface area contributed by atoms with E-state index in [0.717, 1.165) is 19.3 Å². The fraction of sp³-hybridized carbons (Fsp3) is 0.900. The molecule has 3 nitrogen and oxygen atoms in total. The number of carbonyl (C=O) groups is 1. The van der Waals surface area contributed by atoms with Gasteiger partial charge in [-0.2, -0.15) is 4.89 Å². The first-order valence-corrected chi connectivity index (χ1v) is 5.02. The van der Waals surface area contributed by atoms with Crippen molar-refractivity contribution in [1.29, 1.82) is 0 Å². The molecule has 3 heteroatoms. The van der Waals surface area contributed by atoms with Crippen molar-refractivity contribution in [2.45, 2.75) is 59.0 Å². The molecule has 0 heterocycles. The lowest BCUT2D eigenvalue weighted by Gasteiger charge is -2.27. The highest BCUT2D eigenvalue weighted by atomic mass is 17.2. The van der Waals surface area contributed by atoms with Gasteiger partial charge in [0.2, 0.25) is 0 Å². The summed E-state index contributed by atoms with van der Waals surface area (Å²) in [5, 5.41) is 0. The highest BCUT2D eigenvalue weighted by Gasteiger charge is 2.27. The van der Waals surface area contributed by atoms with Crippen LogP contribution in [0.25, 0.3) is 0 Å². The summed E-state index contributed by atoms with van der Waals surface area (Å²) in [4.78, 5) is 20.7. The molecule has 0 fully saturated rings. The van der Waals surface area contributed by atoms with Gasteiger partial charge in [-0.1, -0.05) is 27.7 Å². The Labute approximate surface area is 80.3 Å². The van der Waals surface area contributed by atoms with Crippen molar-refractivity contribution >= 4 is 5.97 Å². The largest absolute Gasteiger partial charge is 0.342 e. The molecule has 0 aromatic carbocycles. The van der Waals surface area contributed by atoms with E-state index in [9.17, 15) is 4.79 Å². The molecule has 0 bridgehead atoms. The van der Waals surface area contributed by atoms with Crippen LogP contribution in [0.2, 0.25) is 0 Å². The second-order valence-electron chi connectivity index (χ2n) is 3.14. The van der Waals surface area contributed by atoms with Crippen molar-refractivity contribution in [1.82, 2.24) is 0 Å². The van der Waals surface area contributed by atoms with Gasteiger partial charge >= 0.3 is 5.97 Å². The normalized spacial score (nSPS) is 11.4. The number of rotatable bonds is 6. The molecule has 0 saturated heterocycles. The molecular weight excluding hydrogens is 168 g/mol. The van der Waals surface area contributed by atoms with E-state index < -0.39 is 0 Å². The summed E-state index contributed by atoms with van der Waals surface area (Å²) in [7, 11) is 0. The van der Waals surface area contributed by atoms with Crippen LogP contribution in [0, 0.1) is 0 Å². The van der Waals surface area contributed by atoms with E-state index >= 15 is 0 Å². The minimum atomic E-state index is -0.306. The Morgan fingerprint density at radius 3 is 1.85 bits per heavy atom. The van der Waals surface area contributed by atoms with Gasteiger partial charge in [-0.05, 0) is 19.3 Å². The predicted molar refractivity (Wildman–Crippen MR) is 51.1 cm³/mol. The van der Waals surface area contributed by atoms with E-state index in [1.54, 1.807) is 6.92 Å². The Morgan fingerprint density at radius 1 is 1.08 bits per heavy atom. The third-order valence-corrected chi connectivity index (χ3v) is 2.53. The van der Waals surface area contributed by atoms with Crippen LogP contribution in [0.5, 0.6) is 0 Å². The van der Waals surface area contributed by atoms with Gasteiger partial charge in [0.1, 0.15) is 5.60 Å². The van der Waals surface area contributed by atoms with Gasteiger partial charge in [-0.3, -0.25) is 4.89 Å². The monoisotopic (exact) mass is 188 g/mol. The smallest absolute Gasteiger partial charge is 0.298 e. The molecule has 78 valence electrons. The summed E-state index contributed by atoms with van der Waals surface area (Å²) in [6.45, 7) is 7.85. The molecule has 0 aliphatic heterocycles. The van der Waals surface area contributed by atoms with Gasteiger partial charge in [-0.15, -0.1) is 0 Å². The van der Waals surface area contributed by atoms with E-state index in [-0.39, 0.29) is 11.6 Å². The standard InChI is InChI=1S/C10H20O3/c1-5-9(11)12-13-10(6-2,7-3)8-4/h5-8H2,1-4H3. The third kappa shape index (κ3) is 3.77. The Hall–Kier alpha value is -0.570. The van der Waals surface area contributed by atoms with Gasteiger partial charge in [0.15, 0.2) is 0 Å². The topological polar surface area (TPSA) is 35.5 Å². The zero-order valence-corrected chi connectivity index (χ0v) is 9.05. The average Bonchev–Trinajstić information content (AvgIpc) is 2.20. The fourth-order valence-electron chi connectivity index (χ4n) is 1.12. The quantitative estimate of drug-likeness (QED) is 0.475. The second-order valence-corrected chi connectivity index (χ2v) is 3.14. The van der Waals surface area contributed by atoms with E-state index in [2.05, 4.69) is 0 Å². The van der Waals surface area contributed by atoms with Crippen LogP contribution in [0.15, 0.2) is 0 Å². The molecule has 0 rings (SSSR count). The first-order chi connectivity index (χ1) is 6.14. The fourth-order valence-corrected chi connectivity index (χ4v) is 1.12. The molecule has 0 aromatic rings. The van der Waals surface area contributed by atoms with E-state index in [1.165, 1.54) is 0 Å². The van der Waals surface area contributed by atoms with Crippen molar-refractivity contribution in [2.75, 3.05) is 0 Å². The molecule has 0 spiro atoms. The number of hydrogen-bond acceptors (Lipinski definition) is 3. The molecule has 0 radical (unpaired) electrons. The van der Waals surface area contributed by atoms with Crippen molar-refractivity contribution < 1.29 is 14.6 Å². The van der Waals surface area contributed by atoms with Crippen molar-refractivity contribution in [3.8, 4) is 0 Å². The maximum Gasteiger partial charge on any atom is 0.342 e. The summed E-state index contributed by atoms with van der Waals surface area (Å²) < 4.78 is 0. The first-order valence-electron chi connectivity index (χ1n) is 5.02. The average molecular weight is 188 g/mol. The summed E-state index contributed by atoms with van der Waals surface area (Å²) >= 11 is 0. The highest BCUT2D eigenvalue weighted by Crippen LogP contribution is 2.24. The summed E-state index contributed by atoms with van der Waals surface area (Å²) in [6, 6.07) is 0. The molecular formula is C10H20O3. The molecule has 0 N–H and O–H groups in total. The van der Waals surface area contributed by atoms with Gasteiger partial charge in [0.25, 0.3) is 0 Å². The zero-order chi connectivity index (χ0) is 10.3. The SMILES string of the molecule is CCC(=O)OOC(CC)(CC)CC. The second kappa shape index (κ2) is 5.97. The summed E-state index contributed by atoms with van der Waals surface area (Å²) in [5.41, 5.74) is -0.287. The Bertz CT molecular complexity index is 142. The van der Waals surface area contributed by atoms with E-state index in [1.807, 2.05) is 20.8 Å². The minimum absolute atomic E-state index is 0.287. The lowest BCUT2D eigenvalue weighted by atomic mass is 9.95. The zero-order valence-electron chi connectivity index (χ0n) is 9.05. The number of carbonyl (C=O) groups excluding carboxylic acids is 1. The lowest BCUT2D eigenvalue weighted by Crippen LogP contribution is -2.31. The van der Waals surface area contributed by atoms with Crippen molar-refractivity contribution in [2.24, 2.45) is 0 Å². The first kappa shape index (κ1) is 12.4. The molecule has 0 atom stereocenters. The molecule has 0 saturated carbocycles. The number of hydrogen-bond donors (Lipinski definition) is 0. The van der Waals surface area contributed by atoms with E-state index in [4.69, 9.17) is 9.78 Å². The maximum atomic E-state index is 10.9. The van der Waals surface area contributed by atoms with Gasteiger partial charge in [0.05, 0.1) is 0 Å². The van der Waals surface area contributed by atoms with Crippen LogP contribution < -0.4 is 0 Å². The Morgan fingerprint density at radius 2 is 1.54 bits per heavy atom. The molecule has 0 aliphatic rings. The summed E-state index contributed by atoms with van der Waals surface area (Å²) in [5.74, 6) is -0.306. The van der Waals surface area contributed by atoms with Gasteiger partial charge in [0, 0.05) is 6.42 Å². The molecule has 0 unspecified atom stereocenters. The van der Waals surface area contributed by atoms with Crippen LogP contribution in [0.1, 0.15) is 53.4 Å². The molecule has 0 aliphatic carbocycles. The Balaban J connectivity index is 4.02. The van der Waals surface area contributed by atoms with Gasteiger partial charge < -0.3 is 0 Å². The highest BCUT2D eigenvalue weighted by molar-refractivity contribution is 5.68. The Kier molecular flexibility index (Phi) is 5.71. The van der Waals surface area contributed by atoms with Gasteiger partial charge in [-0.25, -0.2) is 4.79 Å². The van der Waals surface area contributed by atoms with Crippen LogP contribution >= 0.6 is 0 Å². The van der Waals surface area contributed by atoms with Crippen molar-refractivity contribution in [3.05, 3.63) is 0 Å².